The minimum Gasteiger partial charge on any atom is -0.387 e. The number of hydrogen-bond acceptors (Lipinski definition) is 3. The Kier molecular flexibility index (Phi) is 5.48. The van der Waals surface area contributed by atoms with Gasteiger partial charge in [-0.15, -0.1) is 0 Å². The second kappa shape index (κ2) is 7.34. The lowest BCUT2D eigenvalue weighted by Gasteiger charge is -2.24. The van der Waals surface area contributed by atoms with Crippen molar-refractivity contribution in [2.24, 2.45) is 0 Å². The van der Waals surface area contributed by atoms with Crippen LogP contribution in [0.2, 0.25) is 0 Å². The van der Waals surface area contributed by atoms with Gasteiger partial charge in [-0.3, -0.25) is 9.88 Å². The Balaban J connectivity index is 2.02. The molecule has 1 aromatic carbocycles. The van der Waals surface area contributed by atoms with Crippen molar-refractivity contribution in [2.45, 2.75) is 33.4 Å². The van der Waals surface area contributed by atoms with Gasteiger partial charge in [0.25, 0.3) is 0 Å². The predicted molar refractivity (Wildman–Crippen MR) is 86.1 cm³/mol. The smallest absolute Gasteiger partial charge is 0.0917 e. The van der Waals surface area contributed by atoms with Crippen LogP contribution in [0.3, 0.4) is 0 Å². The highest BCUT2D eigenvalue weighted by Gasteiger charge is 2.14. The Morgan fingerprint density at radius 1 is 1.14 bits per heavy atom. The standard InChI is InChI=1S/C18H24N2O/c1-4-20(12-17-15(3)6-5-11-19-17)13-18(21)16-9-7-14(2)8-10-16/h5-11,18,21H,4,12-13H2,1-3H3. The first kappa shape index (κ1) is 15.7. The van der Waals surface area contributed by atoms with E-state index in [1.807, 2.05) is 36.5 Å². The molecule has 0 saturated heterocycles. The van der Waals surface area contributed by atoms with Crippen LogP contribution in [0.25, 0.3) is 0 Å². The van der Waals surface area contributed by atoms with E-state index < -0.39 is 6.10 Å². The number of nitrogens with zero attached hydrogens (tertiary/aromatic N) is 2. The predicted octanol–water partition coefficient (Wildman–Crippen LogP) is 3.25. The number of pyridine rings is 1. The first-order valence-corrected chi connectivity index (χ1v) is 7.47. The number of rotatable bonds is 6. The summed E-state index contributed by atoms with van der Waals surface area (Å²) in [6, 6.07) is 12.1. The van der Waals surface area contributed by atoms with Crippen molar-refractivity contribution in [3.8, 4) is 0 Å². The third-order valence-electron chi connectivity index (χ3n) is 3.83. The Bertz CT molecular complexity index is 566. The number of aliphatic hydroxyl groups is 1. The highest BCUT2D eigenvalue weighted by Crippen LogP contribution is 2.16. The molecule has 0 saturated carbocycles. The van der Waals surface area contributed by atoms with Gasteiger partial charge < -0.3 is 5.11 Å². The highest BCUT2D eigenvalue weighted by atomic mass is 16.3. The lowest BCUT2D eigenvalue weighted by Crippen LogP contribution is -2.28. The summed E-state index contributed by atoms with van der Waals surface area (Å²) < 4.78 is 0. The first-order valence-electron chi connectivity index (χ1n) is 7.47. The van der Waals surface area contributed by atoms with Crippen molar-refractivity contribution in [1.29, 1.82) is 0 Å². The van der Waals surface area contributed by atoms with Crippen LogP contribution in [0.1, 0.15) is 35.4 Å². The van der Waals surface area contributed by atoms with E-state index in [1.54, 1.807) is 0 Å². The molecule has 0 aliphatic rings. The molecule has 0 radical (unpaired) electrons. The van der Waals surface area contributed by atoms with Crippen LogP contribution >= 0.6 is 0 Å². The summed E-state index contributed by atoms with van der Waals surface area (Å²) in [6.45, 7) is 8.52. The fourth-order valence-corrected chi connectivity index (χ4v) is 2.34. The minimum atomic E-state index is -0.463. The third-order valence-corrected chi connectivity index (χ3v) is 3.83. The molecule has 0 aliphatic heterocycles. The van der Waals surface area contributed by atoms with Gasteiger partial charge in [0.15, 0.2) is 0 Å². The van der Waals surface area contributed by atoms with Crippen LogP contribution in [0.4, 0.5) is 0 Å². The Morgan fingerprint density at radius 2 is 1.86 bits per heavy atom. The van der Waals surface area contributed by atoms with E-state index >= 15 is 0 Å². The average Bonchev–Trinajstić information content (AvgIpc) is 2.49. The van der Waals surface area contributed by atoms with E-state index in [-0.39, 0.29) is 0 Å². The van der Waals surface area contributed by atoms with Crippen molar-refractivity contribution in [3.63, 3.8) is 0 Å². The summed E-state index contributed by atoms with van der Waals surface area (Å²) in [5.74, 6) is 0. The molecule has 0 spiro atoms. The number of aromatic nitrogens is 1. The molecule has 2 aromatic rings. The Morgan fingerprint density at radius 3 is 2.48 bits per heavy atom. The van der Waals surface area contributed by atoms with Crippen LogP contribution in [0, 0.1) is 13.8 Å². The second-order valence-electron chi connectivity index (χ2n) is 5.52. The number of hydrogen-bond donors (Lipinski definition) is 1. The van der Waals surface area contributed by atoms with Crippen LogP contribution in [0.5, 0.6) is 0 Å². The first-order chi connectivity index (χ1) is 10.1. The topological polar surface area (TPSA) is 36.4 Å². The van der Waals surface area contributed by atoms with E-state index in [0.29, 0.717) is 6.54 Å². The summed E-state index contributed by atoms with van der Waals surface area (Å²) in [4.78, 5) is 6.66. The molecule has 3 heteroatoms. The molecular weight excluding hydrogens is 260 g/mol. The summed E-state index contributed by atoms with van der Waals surface area (Å²) >= 11 is 0. The maximum Gasteiger partial charge on any atom is 0.0917 e. The van der Waals surface area contributed by atoms with Gasteiger partial charge >= 0.3 is 0 Å². The van der Waals surface area contributed by atoms with Crippen molar-refractivity contribution < 1.29 is 5.11 Å². The summed E-state index contributed by atoms with van der Waals surface area (Å²) in [7, 11) is 0. The lowest BCUT2D eigenvalue weighted by atomic mass is 10.1. The lowest BCUT2D eigenvalue weighted by molar-refractivity contribution is 0.111. The van der Waals surface area contributed by atoms with Crippen molar-refractivity contribution in [2.75, 3.05) is 13.1 Å². The number of aliphatic hydroxyl groups excluding tert-OH is 1. The maximum absolute atomic E-state index is 10.4. The van der Waals surface area contributed by atoms with Crippen LogP contribution in [-0.2, 0) is 6.54 Å². The van der Waals surface area contributed by atoms with Gasteiger partial charge in [0.1, 0.15) is 0 Å². The third kappa shape index (κ3) is 4.38. The highest BCUT2D eigenvalue weighted by molar-refractivity contribution is 5.23. The average molecular weight is 284 g/mol. The zero-order valence-corrected chi connectivity index (χ0v) is 13.1. The van der Waals surface area contributed by atoms with Gasteiger partial charge in [-0.05, 0) is 37.6 Å². The molecule has 2 rings (SSSR count). The van der Waals surface area contributed by atoms with Crippen molar-refractivity contribution in [1.82, 2.24) is 9.88 Å². The van der Waals surface area contributed by atoms with Gasteiger partial charge in [0.05, 0.1) is 11.8 Å². The van der Waals surface area contributed by atoms with Crippen LogP contribution < -0.4 is 0 Å². The largest absolute Gasteiger partial charge is 0.387 e. The molecule has 1 unspecified atom stereocenters. The molecule has 1 N–H and O–H groups in total. The molecule has 0 aliphatic carbocycles. The number of aryl methyl sites for hydroxylation is 2. The summed E-state index contributed by atoms with van der Waals surface area (Å²) in [6.07, 6.45) is 1.36. The van der Waals surface area contributed by atoms with E-state index in [0.717, 1.165) is 24.3 Å². The monoisotopic (exact) mass is 284 g/mol. The normalized spacial score (nSPS) is 12.6. The van der Waals surface area contributed by atoms with Gasteiger partial charge in [-0.1, -0.05) is 42.8 Å². The molecule has 0 bridgehead atoms. The second-order valence-corrected chi connectivity index (χ2v) is 5.52. The molecule has 112 valence electrons. The number of likely N-dealkylation sites (N-methyl/N-ethyl adjacent to an activating group) is 1. The fourth-order valence-electron chi connectivity index (χ4n) is 2.34. The van der Waals surface area contributed by atoms with E-state index in [1.165, 1.54) is 11.1 Å². The Labute approximate surface area is 127 Å². The van der Waals surface area contributed by atoms with Crippen molar-refractivity contribution >= 4 is 0 Å². The molecule has 0 amide bonds. The molecule has 3 nitrogen and oxygen atoms in total. The van der Waals surface area contributed by atoms with Crippen LogP contribution in [0.15, 0.2) is 42.6 Å². The maximum atomic E-state index is 10.4. The molecule has 1 atom stereocenters. The molecule has 1 heterocycles. The van der Waals surface area contributed by atoms with Gasteiger partial charge in [0, 0.05) is 19.3 Å². The fraction of sp³-hybridized carbons (Fsp3) is 0.389. The zero-order valence-electron chi connectivity index (χ0n) is 13.1. The minimum absolute atomic E-state index is 0.463. The molecular formula is C18H24N2O. The van der Waals surface area contributed by atoms with E-state index in [4.69, 9.17) is 0 Å². The molecule has 21 heavy (non-hydrogen) atoms. The van der Waals surface area contributed by atoms with Gasteiger partial charge in [0.2, 0.25) is 0 Å². The van der Waals surface area contributed by atoms with E-state index in [9.17, 15) is 5.11 Å². The Hall–Kier alpha value is -1.71. The zero-order chi connectivity index (χ0) is 15.2. The SMILES string of the molecule is CCN(Cc1ncccc1C)CC(O)c1ccc(C)cc1. The van der Waals surface area contributed by atoms with E-state index in [2.05, 4.69) is 36.7 Å². The number of benzene rings is 1. The van der Waals surface area contributed by atoms with Gasteiger partial charge in [-0.2, -0.15) is 0 Å². The van der Waals surface area contributed by atoms with Gasteiger partial charge in [-0.25, -0.2) is 0 Å². The molecule has 1 aromatic heterocycles. The summed E-state index contributed by atoms with van der Waals surface area (Å²) in [5.41, 5.74) is 4.45. The van der Waals surface area contributed by atoms with Crippen molar-refractivity contribution in [3.05, 3.63) is 65.0 Å². The van der Waals surface area contributed by atoms with Crippen LogP contribution in [-0.4, -0.2) is 28.1 Å². The summed E-state index contributed by atoms with van der Waals surface area (Å²) in [5, 5.41) is 10.4. The quantitative estimate of drug-likeness (QED) is 0.884. The molecule has 0 fully saturated rings.